The number of hydrogen-bond donors (Lipinski definition) is 2. The van der Waals surface area contributed by atoms with Gasteiger partial charge >= 0.3 is 5.97 Å². The van der Waals surface area contributed by atoms with Crippen LogP contribution in [-0.4, -0.2) is 48.9 Å². The second kappa shape index (κ2) is 10.5. The van der Waals surface area contributed by atoms with Crippen LogP contribution in [0.5, 0.6) is 0 Å². The molecule has 5 aliphatic rings. The highest BCUT2D eigenvalue weighted by molar-refractivity contribution is 5.73. The maximum absolute atomic E-state index is 11.8. The van der Waals surface area contributed by atoms with Crippen molar-refractivity contribution in [3.63, 3.8) is 0 Å². The van der Waals surface area contributed by atoms with Gasteiger partial charge in [-0.05, 0) is 110 Å². The molecule has 6 nitrogen and oxygen atoms in total. The highest BCUT2D eigenvalue weighted by Gasteiger charge is 2.65. The molecule has 0 spiro atoms. The maximum atomic E-state index is 11.8. The summed E-state index contributed by atoms with van der Waals surface area (Å²) in [7, 11) is 1.54. The van der Waals surface area contributed by atoms with Gasteiger partial charge in [0.1, 0.15) is 0 Å². The molecule has 12 atom stereocenters. The van der Waals surface area contributed by atoms with Crippen LogP contribution in [0.1, 0.15) is 92.4 Å². The molecule has 4 aliphatic carbocycles. The van der Waals surface area contributed by atoms with E-state index in [2.05, 4.69) is 39.1 Å². The molecule has 38 heavy (non-hydrogen) atoms. The maximum Gasteiger partial charge on any atom is 0.333 e. The van der Waals surface area contributed by atoms with Crippen molar-refractivity contribution in [3.05, 3.63) is 11.6 Å². The zero-order valence-corrected chi connectivity index (χ0v) is 24.5. The Kier molecular flexibility index (Phi) is 7.80. The summed E-state index contributed by atoms with van der Waals surface area (Å²) in [6, 6.07) is 0. The van der Waals surface area contributed by atoms with Gasteiger partial charge in [0.15, 0.2) is 6.10 Å². The Morgan fingerprint density at radius 3 is 2.68 bits per heavy atom. The van der Waals surface area contributed by atoms with Gasteiger partial charge in [0.05, 0.1) is 12.2 Å². The molecule has 0 radical (unpaired) electrons. The van der Waals surface area contributed by atoms with Crippen molar-refractivity contribution in [2.75, 3.05) is 13.7 Å². The third-order valence-corrected chi connectivity index (χ3v) is 12.3. The smallest absolute Gasteiger partial charge is 0.333 e. The first kappa shape index (κ1) is 28.1. The van der Waals surface area contributed by atoms with E-state index in [0.717, 1.165) is 51.0 Å². The number of carboxylic acid groups (broad SMARTS) is 1. The summed E-state index contributed by atoms with van der Waals surface area (Å²) in [5.41, 5.74) is 2.07. The molecule has 6 heteroatoms. The lowest BCUT2D eigenvalue weighted by atomic mass is 9.46. The van der Waals surface area contributed by atoms with Crippen LogP contribution in [0, 0.1) is 52.3 Å². The Morgan fingerprint density at radius 2 is 2.00 bits per heavy atom. The van der Waals surface area contributed by atoms with E-state index in [0.29, 0.717) is 47.2 Å². The quantitative estimate of drug-likeness (QED) is 0.386. The summed E-state index contributed by atoms with van der Waals surface area (Å²) in [6.07, 6.45) is 12.6. The zero-order valence-electron chi connectivity index (χ0n) is 24.5. The lowest BCUT2D eigenvalue weighted by Crippen LogP contribution is -2.51. The standard InChI is InChI=1S/C32H51NO5/c1-18(17-33-20(3)34)7-10-26-19(2)28-27(38-26)16-25-23-9-8-22-15-21(29(37-6)30(35)36)11-13-31(22,4)24(23)12-14-32(25,28)5/h8,18-19,21,23-29H,7,9-17H2,1-6H3,(H,33,34)(H,35,36)/t18?,19?,21-,23-,24+,25+,26?,27+,28+,29?,31+,32+/m1/s1. The molecular weight excluding hydrogens is 478 g/mol. The van der Waals surface area contributed by atoms with E-state index in [4.69, 9.17) is 9.47 Å². The average Bonchev–Trinajstić information content (AvgIpc) is 3.34. The summed E-state index contributed by atoms with van der Waals surface area (Å²) in [5.74, 6) is 3.16. The lowest BCUT2D eigenvalue weighted by molar-refractivity contribution is -0.153. The van der Waals surface area contributed by atoms with Gasteiger partial charge in [-0.1, -0.05) is 39.3 Å². The molecule has 3 saturated carbocycles. The number of rotatable bonds is 8. The van der Waals surface area contributed by atoms with E-state index in [1.54, 1.807) is 6.92 Å². The van der Waals surface area contributed by atoms with Crippen LogP contribution in [0.3, 0.4) is 0 Å². The molecule has 2 N–H and O–H groups in total. The van der Waals surface area contributed by atoms with E-state index < -0.39 is 12.1 Å². The molecule has 4 unspecified atom stereocenters. The van der Waals surface area contributed by atoms with Gasteiger partial charge in [0, 0.05) is 20.6 Å². The minimum Gasteiger partial charge on any atom is -0.479 e. The Balaban J connectivity index is 1.26. The second-order valence-corrected chi connectivity index (χ2v) is 14.3. The summed E-state index contributed by atoms with van der Waals surface area (Å²) < 4.78 is 12.2. The van der Waals surface area contributed by atoms with Crippen LogP contribution in [0.2, 0.25) is 0 Å². The predicted octanol–water partition coefficient (Wildman–Crippen LogP) is 5.85. The zero-order chi connectivity index (χ0) is 27.4. The van der Waals surface area contributed by atoms with Gasteiger partial charge in [-0.25, -0.2) is 4.79 Å². The highest BCUT2D eigenvalue weighted by Crippen LogP contribution is 2.69. The van der Waals surface area contributed by atoms with E-state index in [1.165, 1.54) is 31.9 Å². The Labute approximate surface area is 229 Å². The molecule has 1 aliphatic heterocycles. The van der Waals surface area contributed by atoms with Crippen LogP contribution in [0.4, 0.5) is 0 Å². The van der Waals surface area contributed by atoms with Crippen molar-refractivity contribution in [2.45, 2.75) is 111 Å². The highest BCUT2D eigenvalue weighted by atomic mass is 16.5. The lowest BCUT2D eigenvalue weighted by Gasteiger charge is -2.58. The fourth-order valence-corrected chi connectivity index (χ4v) is 10.3. The molecule has 0 aromatic heterocycles. The van der Waals surface area contributed by atoms with Crippen molar-refractivity contribution in [1.29, 1.82) is 0 Å². The molecule has 1 saturated heterocycles. The van der Waals surface area contributed by atoms with Crippen LogP contribution in [-0.2, 0) is 19.1 Å². The molecule has 5 rings (SSSR count). The van der Waals surface area contributed by atoms with Gasteiger partial charge in [-0.3, -0.25) is 4.79 Å². The van der Waals surface area contributed by atoms with Crippen molar-refractivity contribution in [1.82, 2.24) is 5.32 Å². The van der Waals surface area contributed by atoms with Crippen molar-refractivity contribution in [3.8, 4) is 0 Å². The number of amides is 1. The normalized spacial score (nSPS) is 45.2. The van der Waals surface area contributed by atoms with E-state index in [1.807, 2.05) is 0 Å². The number of carbonyl (C=O) groups is 2. The summed E-state index contributed by atoms with van der Waals surface area (Å²) >= 11 is 0. The molecule has 0 aromatic carbocycles. The number of fused-ring (bicyclic) bond motifs is 7. The molecule has 1 amide bonds. The second-order valence-electron chi connectivity index (χ2n) is 14.3. The van der Waals surface area contributed by atoms with E-state index in [9.17, 15) is 14.7 Å². The molecule has 0 aromatic rings. The van der Waals surface area contributed by atoms with E-state index in [-0.39, 0.29) is 17.2 Å². The first-order valence-electron chi connectivity index (χ1n) is 15.3. The third-order valence-electron chi connectivity index (χ3n) is 12.3. The molecule has 1 heterocycles. The number of aliphatic carboxylic acids is 1. The Hall–Kier alpha value is -1.40. The van der Waals surface area contributed by atoms with E-state index >= 15 is 0 Å². The minimum atomic E-state index is -0.823. The third kappa shape index (κ3) is 4.66. The number of methoxy groups -OCH3 is 1. The topological polar surface area (TPSA) is 84.9 Å². The number of allylic oxidation sites excluding steroid dienone is 2. The molecular formula is C32H51NO5. The summed E-state index contributed by atoms with van der Waals surface area (Å²) in [6.45, 7) is 12.1. The van der Waals surface area contributed by atoms with Gasteiger partial charge < -0.3 is 19.9 Å². The number of carboxylic acids is 1. The van der Waals surface area contributed by atoms with Crippen molar-refractivity contribution in [2.24, 2.45) is 52.3 Å². The van der Waals surface area contributed by atoms with Crippen LogP contribution < -0.4 is 5.32 Å². The van der Waals surface area contributed by atoms with Crippen molar-refractivity contribution < 1.29 is 24.2 Å². The average molecular weight is 530 g/mol. The monoisotopic (exact) mass is 529 g/mol. The Morgan fingerprint density at radius 1 is 1.24 bits per heavy atom. The number of hydrogen-bond acceptors (Lipinski definition) is 4. The number of carbonyl (C=O) groups excluding carboxylic acids is 1. The fraction of sp³-hybridized carbons (Fsp3) is 0.875. The number of ether oxygens (including phenoxy) is 2. The van der Waals surface area contributed by atoms with Crippen LogP contribution in [0.25, 0.3) is 0 Å². The van der Waals surface area contributed by atoms with Gasteiger partial charge in [-0.15, -0.1) is 0 Å². The fourth-order valence-electron chi connectivity index (χ4n) is 10.3. The van der Waals surface area contributed by atoms with Crippen molar-refractivity contribution >= 4 is 11.9 Å². The first-order chi connectivity index (χ1) is 18.0. The first-order valence-corrected chi connectivity index (χ1v) is 15.3. The largest absolute Gasteiger partial charge is 0.479 e. The summed E-state index contributed by atoms with van der Waals surface area (Å²) in [4.78, 5) is 23.0. The number of nitrogens with one attached hydrogen (secondary N) is 1. The predicted molar refractivity (Wildman–Crippen MR) is 147 cm³/mol. The molecule has 214 valence electrons. The van der Waals surface area contributed by atoms with Gasteiger partial charge in [0.25, 0.3) is 0 Å². The molecule has 4 fully saturated rings. The van der Waals surface area contributed by atoms with Gasteiger partial charge in [0.2, 0.25) is 5.91 Å². The SMILES string of the molecule is COC(C(=O)O)[C@@H]1CC[C@@]2(C)C(=CC[C@H]3[C@@H]4C[C@@H]5OC(CCC(C)CNC(C)=O)C(C)[C@@H]5[C@@]4(C)CC[C@@H]32)C1. The van der Waals surface area contributed by atoms with Crippen LogP contribution >= 0.6 is 0 Å². The van der Waals surface area contributed by atoms with Crippen LogP contribution in [0.15, 0.2) is 11.6 Å². The van der Waals surface area contributed by atoms with Gasteiger partial charge in [-0.2, -0.15) is 0 Å². The summed E-state index contributed by atoms with van der Waals surface area (Å²) in [5, 5.41) is 12.6. The minimum absolute atomic E-state index is 0.0532. The Bertz CT molecular complexity index is 948. The molecule has 0 bridgehead atoms.